The highest BCUT2D eigenvalue weighted by atomic mass is 35.5. The molecule has 1 aliphatic heterocycles. The van der Waals surface area contributed by atoms with Crippen LogP contribution in [0.4, 0.5) is 11.5 Å². The highest BCUT2D eigenvalue weighted by Gasteiger charge is 2.16. The minimum Gasteiger partial charge on any atom is -0.376 e. The molecule has 1 saturated heterocycles. The van der Waals surface area contributed by atoms with E-state index in [1.165, 1.54) is 6.20 Å². The van der Waals surface area contributed by atoms with E-state index in [9.17, 15) is 4.79 Å². The van der Waals surface area contributed by atoms with Crippen LogP contribution in [0.3, 0.4) is 0 Å². The summed E-state index contributed by atoms with van der Waals surface area (Å²) in [5, 5.41) is 6.49. The molecule has 0 bridgehead atoms. The number of aromatic nitrogens is 2. The molecule has 2 heterocycles. The van der Waals surface area contributed by atoms with E-state index in [1.807, 2.05) is 26.0 Å². The third-order valence-electron chi connectivity index (χ3n) is 4.09. The molecule has 1 aliphatic rings. The Morgan fingerprint density at radius 2 is 2.16 bits per heavy atom. The van der Waals surface area contributed by atoms with Gasteiger partial charge in [-0.3, -0.25) is 4.79 Å². The van der Waals surface area contributed by atoms with Crippen LogP contribution in [0.1, 0.15) is 34.5 Å². The molecule has 1 amide bonds. The Bertz CT molecular complexity index is 735. The number of rotatable bonds is 5. The fourth-order valence-corrected chi connectivity index (χ4v) is 3.18. The zero-order valence-electron chi connectivity index (χ0n) is 14.3. The van der Waals surface area contributed by atoms with Crippen molar-refractivity contribution in [3.05, 3.63) is 46.4 Å². The first-order chi connectivity index (χ1) is 12.0. The van der Waals surface area contributed by atoms with E-state index in [0.29, 0.717) is 23.1 Å². The van der Waals surface area contributed by atoms with Crippen LogP contribution in [0.2, 0.25) is 5.02 Å². The largest absolute Gasteiger partial charge is 0.376 e. The molecule has 1 atom stereocenters. The lowest BCUT2D eigenvalue weighted by atomic mass is 10.1. The Labute approximate surface area is 152 Å². The molecule has 0 spiro atoms. The van der Waals surface area contributed by atoms with E-state index >= 15 is 0 Å². The lowest BCUT2D eigenvalue weighted by molar-refractivity contribution is 0.102. The lowest BCUT2D eigenvalue weighted by Crippen LogP contribution is -2.20. The number of nitrogens with one attached hydrogen (secondary N) is 2. The molecule has 0 aliphatic carbocycles. The van der Waals surface area contributed by atoms with Gasteiger partial charge in [0.15, 0.2) is 0 Å². The average Bonchev–Trinajstić information content (AvgIpc) is 3.10. The number of hydrogen-bond acceptors (Lipinski definition) is 5. The zero-order valence-corrected chi connectivity index (χ0v) is 15.1. The van der Waals surface area contributed by atoms with Crippen molar-refractivity contribution >= 4 is 29.0 Å². The van der Waals surface area contributed by atoms with Gasteiger partial charge in [-0.1, -0.05) is 17.7 Å². The maximum Gasteiger partial charge on any atom is 0.275 e. The molecule has 0 radical (unpaired) electrons. The molecular formula is C18H21ClN4O2. The summed E-state index contributed by atoms with van der Waals surface area (Å²) in [6.45, 7) is 5.37. The van der Waals surface area contributed by atoms with Crippen molar-refractivity contribution in [3.8, 4) is 0 Å². The van der Waals surface area contributed by atoms with Crippen LogP contribution in [0.5, 0.6) is 0 Å². The summed E-state index contributed by atoms with van der Waals surface area (Å²) in [6.07, 6.45) is 5.37. The Morgan fingerprint density at radius 3 is 2.80 bits per heavy atom. The maximum atomic E-state index is 12.4. The third-order valence-corrected chi connectivity index (χ3v) is 4.39. The van der Waals surface area contributed by atoms with E-state index in [4.69, 9.17) is 16.3 Å². The number of carbonyl (C=O) groups is 1. The van der Waals surface area contributed by atoms with Gasteiger partial charge in [0.1, 0.15) is 11.5 Å². The number of nitrogens with zero attached hydrogens (tertiary/aromatic N) is 2. The van der Waals surface area contributed by atoms with Gasteiger partial charge < -0.3 is 15.4 Å². The predicted molar refractivity (Wildman–Crippen MR) is 98.4 cm³/mol. The molecule has 7 heteroatoms. The van der Waals surface area contributed by atoms with Crippen LogP contribution < -0.4 is 10.6 Å². The molecule has 1 unspecified atom stereocenters. The molecule has 2 N–H and O–H groups in total. The van der Waals surface area contributed by atoms with Gasteiger partial charge in [-0.15, -0.1) is 0 Å². The number of aryl methyl sites for hydroxylation is 2. The van der Waals surface area contributed by atoms with Gasteiger partial charge in [-0.2, -0.15) is 0 Å². The molecule has 1 aromatic heterocycles. The van der Waals surface area contributed by atoms with Crippen LogP contribution in [-0.2, 0) is 4.74 Å². The number of benzene rings is 1. The quantitative estimate of drug-likeness (QED) is 0.852. The molecular weight excluding hydrogens is 340 g/mol. The Morgan fingerprint density at radius 1 is 1.32 bits per heavy atom. The van der Waals surface area contributed by atoms with Gasteiger partial charge in [-0.05, 0) is 43.9 Å². The number of hydrogen-bond donors (Lipinski definition) is 2. The van der Waals surface area contributed by atoms with Gasteiger partial charge in [0, 0.05) is 13.2 Å². The summed E-state index contributed by atoms with van der Waals surface area (Å²) in [5.41, 5.74) is 2.78. The van der Waals surface area contributed by atoms with Gasteiger partial charge in [0.05, 0.1) is 29.2 Å². The van der Waals surface area contributed by atoms with Crippen molar-refractivity contribution in [1.29, 1.82) is 0 Å². The van der Waals surface area contributed by atoms with E-state index in [1.54, 1.807) is 6.20 Å². The number of anilines is 2. The summed E-state index contributed by atoms with van der Waals surface area (Å²) >= 11 is 6.22. The monoisotopic (exact) mass is 360 g/mol. The Kier molecular flexibility index (Phi) is 5.50. The van der Waals surface area contributed by atoms with E-state index in [0.717, 1.165) is 30.6 Å². The number of halogens is 1. The highest BCUT2D eigenvalue weighted by molar-refractivity contribution is 6.34. The summed E-state index contributed by atoms with van der Waals surface area (Å²) in [6, 6.07) is 3.78. The Hall–Kier alpha value is -2.18. The van der Waals surface area contributed by atoms with Crippen molar-refractivity contribution in [2.45, 2.75) is 32.8 Å². The van der Waals surface area contributed by atoms with Crippen molar-refractivity contribution < 1.29 is 9.53 Å². The number of carbonyl (C=O) groups excluding carboxylic acids is 1. The highest BCUT2D eigenvalue weighted by Crippen LogP contribution is 2.27. The van der Waals surface area contributed by atoms with Crippen molar-refractivity contribution in [2.75, 3.05) is 23.8 Å². The Balaban J connectivity index is 1.62. The maximum absolute atomic E-state index is 12.4. The van der Waals surface area contributed by atoms with Gasteiger partial charge in [0.25, 0.3) is 5.91 Å². The second kappa shape index (κ2) is 7.80. The van der Waals surface area contributed by atoms with Crippen LogP contribution >= 0.6 is 11.6 Å². The van der Waals surface area contributed by atoms with Gasteiger partial charge in [-0.25, -0.2) is 9.97 Å². The van der Waals surface area contributed by atoms with E-state index in [-0.39, 0.29) is 17.7 Å². The third kappa shape index (κ3) is 4.46. The zero-order chi connectivity index (χ0) is 17.8. The summed E-state index contributed by atoms with van der Waals surface area (Å²) in [7, 11) is 0. The summed E-state index contributed by atoms with van der Waals surface area (Å²) in [4.78, 5) is 20.8. The molecule has 132 valence electrons. The van der Waals surface area contributed by atoms with Gasteiger partial charge >= 0.3 is 0 Å². The smallest absolute Gasteiger partial charge is 0.275 e. The van der Waals surface area contributed by atoms with Crippen molar-refractivity contribution in [1.82, 2.24) is 9.97 Å². The fourth-order valence-electron chi connectivity index (χ4n) is 2.81. The second-order valence-electron chi connectivity index (χ2n) is 6.20. The van der Waals surface area contributed by atoms with Crippen molar-refractivity contribution in [2.24, 2.45) is 0 Å². The predicted octanol–water partition coefficient (Wildman–Crippen LogP) is 3.59. The molecule has 6 nitrogen and oxygen atoms in total. The van der Waals surface area contributed by atoms with E-state index < -0.39 is 0 Å². The van der Waals surface area contributed by atoms with Crippen LogP contribution in [-0.4, -0.2) is 35.1 Å². The van der Waals surface area contributed by atoms with Crippen LogP contribution in [0, 0.1) is 13.8 Å². The number of amides is 1. The molecule has 2 aromatic rings. The standard InChI is InChI=1S/C18H21ClN4O2/c1-11-6-12(2)17(14(19)7-11)23-18(24)15-9-22-16(10-20-15)21-8-13-4-3-5-25-13/h6-7,9-10,13H,3-5,8H2,1-2H3,(H,21,22)(H,23,24). The topological polar surface area (TPSA) is 76.1 Å². The first-order valence-electron chi connectivity index (χ1n) is 8.28. The van der Waals surface area contributed by atoms with E-state index in [2.05, 4.69) is 20.6 Å². The minimum atomic E-state index is -0.341. The van der Waals surface area contributed by atoms with Crippen LogP contribution in [0.15, 0.2) is 24.5 Å². The molecule has 25 heavy (non-hydrogen) atoms. The second-order valence-corrected chi connectivity index (χ2v) is 6.60. The summed E-state index contributed by atoms with van der Waals surface area (Å²) in [5.74, 6) is 0.281. The van der Waals surface area contributed by atoms with Crippen LogP contribution in [0.25, 0.3) is 0 Å². The molecule has 1 aromatic carbocycles. The molecule has 0 saturated carbocycles. The SMILES string of the molecule is Cc1cc(C)c(NC(=O)c2cnc(NCC3CCCO3)cn2)c(Cl)c1. The molecule has 1 fully saturated rings. The molecule has 3 rings (SSSR count). The number of ether oxygens (including phenoxy) is 1. The van der Waals surface area contributed by atoms with Gasteiger partial charge in [0.2, 0.25) is 0 Å². The first-order valence-corrected chi connectivity index (χ1v) is 8.66. The first kappa shape index (κ1) is 17.6. The van der Waals surface area contributed by atoms with Crippen molar-refractivity contribution in [3.63, 3.8) is 0 Å². The lowest BCUT2D eigenvalue weighted by Gasteiger charge is -2.12. The normalized spacial score (nSPS) is 16.7. The fraction of sp³-hybridized carbons (Fsp3) is 0.389. The minimum absolute atomic E-state index is 0.219. The average molecular weight is 361 g/mol. The summed E-state index contributed by atoms with van der Waals surface area (Å²) < 4.78 is 5.55.